The topological polar surface area (TPSA) is 117 Å². The fourth-order valence-electron chi connectivity index (χ4n) is 4.08. The Kier molecular flexibility index (Phi) is 8.13. The molecule has 1 fully saturated rings. The third-order valence-electron chi connectivity index (χ3n) is 5.63. The number of sulfonamides is 2. The first-order valence-electron chi connectivity index (χ1n) is 10.9. The van der Waals surface area contributed by atoms with E-state index in [-0.39, 0.29) is 10.7 Å². The molecule has 1 aromatic carbocycles. The zero-order valence-electron chi connectivity index (χ0n) is 18.5. The van der Waals surface area contributed by atoms with Crippen molar-refractivity contribution in [3.05, 3.63) is 48.2 Å². The molecule has 3 rings (SSSR count). The summed E-state index contributed by atoms with van der Waals surface area (Å²) < 4.78 is 53.1. The highest BCUT2D eigenvalue weighted by molar-refractivity contribution is 7.92. The molecule has 0 bridgehead atoms. The van der Waals surface area contributed by atoms with Crippen LogP contribution in [0.4, 0.5) is 11.4 Å². The molecule has 1 atom stereocenters. The summed E-state index contributed by atoms with van der Waals surface area (Å²) in [6, 6.07) is 10.2. The zero-order chi connectivity index (χ0) is 23.2. The highest BCUT2D eigenvalue weighted by Crippen LogP contribution is 2.27. The van der Waals surface area contributed by atoms with Gasteiger partial charge in [0.15, 0.2) is 5.03 Å². The molecule has 0 aliphatic heterocycles. The second-order valence-corrected chi connectivity index (χ2v) is 11.9. The van der Waals surface area contributed by atoms with Crippen LogP contribution in [0.3, 0.4) is 0 Å². The Bertz CT molecular complexity index is 1100. The van der Waals surface area contributed by atoms with Crippen LogP contribution >= 0.6 is 0 Å². The second-order valence-electron chi connectivity index (χ2n) is 8.54. The maximum Gasteiger partial charge on any atom is 0.279 e. The van der Waals surface area contributed by atoms with Crippen LogP contribution in [0.5, 0.6) is 0 Å². The van der Waals surface area contributed by atoms with Crippen LogP contribution in [0.15, 0.2) is 47.6 Å². The van der Waals surface area contributed by atoms with E-state index in [4.69, 9.17) is 0 Å². The van der Waals surface area contributed by atoms with Gasteiger partial charge in [0.25, 0.3) is 10.0 Å². The Labute approximate surface area is 191 Å². The summed E-state index contributed by atoms with van der Waals surface area (Å²) in [4.78, 5) is 3.91. The minimum atomic E-state index is -3.92. The van der Waals surface area contributed by atoms with Crippen LogP contribution in [0, 0.1) is 5.92 Å². The summed E-state index contributed by atoms with van der Waals surface area (Å²) in [7, 11) is -7.39. The number of benzene rings is 1. The second kappa shape index (κ2) is 10.6. The quantitative estimate of drug-likeness (QED) is 0.477. The number of hydrogen-bond donors (Lipinski definition) is 3. The van der Waals surface area contributed by atoms with E-state index in [0.717, 1.165) is 24.2 Å². The molecule has 1 aromatic heterocycles. The summed E-state index contributed by atoms with van der Waals surface area (Å²) in [5.41, 5.74) is 1.54. The van der Waals surface area contributed by atoms with Gasteiger partial charge in [0.05, 0.1) is 23.8 Å². The number of rotatable bonds is 10. The van der Waals surface area contributed by atoms with Crippen molar-refractivity contribution in [2.24, 2.45) is 5.92 Å². The van der Waals surface area contributed by atoms with Crippen molar-refractivity contribution in [3.8, 4) is 0 Å². The van der Waals surface area contributed by atoms with Gasteiger partial charge < -0.3 is 5.32 Å². The Morgan fingerprint density at radius 3 is 2.38 bits per heavy atom. The molecule has 1 saturated carbocycles. The van der Waals surface area contributed by atoms with Crippen molar-refractivity contribution < 1.29 is 16.8 Å². The minimum Gasteiger partial charge on any atom is -0.310 e. The predicted octanol–water partition coefficient (Wildman–Crippen LogP) is 3.70. The maximum absolute atomic E-state index is 12.8. The molecule has 1 aliphatic rings. The molecular weight excluding hydrogens is 448 g/mol. The third kappa shape index (κ3) is 7.46. The number of para-hydroxylation sites is 1. The van der Waals surface area contributed by atoms with Gasteiger partial charge in [0.2, 0.25) is 10.0 Å². The Balaban J connectivity index is 1.64. The number of hydrogen-bond acceptors (Lipinski definition) is 6. The summed E-state index contributed by atoms with van der Waals surface area (Å²) in [6.45, 7) is 2.73. The fourth-order valence-corrected chi connectivity index (χ4v) is 5.66. The first kappa shape index (κ1) is 24.5. The highest BCUT2D eigenvalue weighted by atomic mass is 32.2. The van der Waals surface area contributed by atoms with Crippen molar-refractivity contribution in [2.75, 3.05) is 15.7 Å². The molecular formula is C22H32N4O4S2. The Morgan fingerprint density at radius 2 is 1.72 bits per heavy atom. The van der Waals surface area contributed by atoms with Crippen LogP contribution in [0.1, 0.15) is 51.0 Å². The van der Waals surface area contributed by atoms with Gasteiger partial charge in [-0.1, -0.05) is 50.3 Å². The normalized spacial score (nSPS) is 16.4. The molecule has 8 nitrogen and oxygen atoms in total. The molecule has 0 saturated heterocycles. The van der Waals surface area contributed by atoms with Crippen LogP contribution in [0.2, 0.25) is 0 Å². The van der Waals surface area contributed by atoms with Crippen molar-refractivity contribution in [1.29, 1.82) is 0 Å². The molecule has 0 radical (unpaired) electrons. The van der Waals surface area contributed by atoms with Crippen LogP contribution in [-0.2, 0) is 26.6 Å². The maximum atomic E-state index is 12.8. The van der Waals surface area contributed by atoms with E-state index in [1.807, 2.05) is 12.1 Å². The van der Waals surface area contributed by atoms with Gasteiger partial charge in [-0.15, -0.1) is 0 Å². The lowest BCUT2D eigenvalue weighted by atomic mass is 9.85. The summed E-state index contributed by atoms with van der Waals surface area (Å²) >= 11 is 0. The summed E-state index contributed by atoms with van der Waals surface area (Å²) in [6.07, 6.45) is 9.91. The van der Waals surface area contributed by atoms with E-state index < -0.39 is 20.0 Å². The first-order valence-corrected chi connectivity index (χ1v) is 14.3. The molecule has 0 amide bonds. The molecule has 1 heterocycles. The van der Waals surface area contributed by atoms with Crippen molar-refractivity contribution >= 4 is 31.4 Å². The molecule has 1 unspecified atom stereocenters. The monoisotopic (exact) mass is 480 g/mol. The molecule has 10 heteroatoms. The Morgan fingerprint density at radius 1 is 1.00 bits per heavy atom. The van der Waals surface area contributed by atoms with E-state index in [1.54, 1.807) is 12.1 Å². The van der Waals surface area contributed by atoms with E-state index in [9.17, 15) is 16.8 Å². The molecule has 0 spiro atoms. The van der Waals surface area contributed by atoms with Gasteiger partial charge in [-0.2, -0.15) is 8.42 Å². The minimum absolute atomic E-state index is 0.190. The zero-order valence-corrected chi connectivity index (χ0v) is 20.2. The van der Waals surface area contributed by atoms with Crippen molar-refractivity contribution in [2.45, 2.75) is 63.1 Å². The van der Waals surface area contributed by atoms with Gasteiger partial charge in [0, 0.05) is 12.6 Å². The number of nitrogens with zero attached hydrogens (tertiary/aromatic N) is 1. The first-order chi connectivity index (χ1) is 15.1. The molecule has 3 N–H and O–H groups in total. The fraction of sp³-hybridized carbons (Fsp3) is 0.500. The number of anilines is 2. The Hall–Kier alpha value is -2.17. The van der Waals surface area contributed by atoms with Gasteiger partial charge >= 0.3 is 0 Å². The van der Waals surface area contributed by atoms with Crippen LogP contribution in [-0.4, -0.2) is 34.1 Å². The standard InChI is InChI=1S/C22H32N4O4S2/c1-17(14-18-8-4-3-5-9-18)23-15-19-10-6-7-11-21(19)26-32(29,30)22-13-12-20(16-24-22)25-31(2,27)28/h6-7,10-13,16-18,23,25-26H,3-5,8-9,14-15H2,1-2H3. The number of pyridine rings is 1. The van der Waals surface area contributed by atoms with Gasteiger partial charge in [-0.3, -0.25) is 9.44 Å². The highest BCUT2D eigenvalue weighted by Gasteiger charge is 2.19. The number of nitrogens with one attached hydrogen (secondary N) is 3. The molecule has 176 valence electrons. The molecule has 2 aromatic rings. The van der Waals surface area contributed by atoms with E-state index in [2.05, 4.69) is 26.7 Å². The lowest BCUT2D eigenvalue weighted by molar-refractivity contribution is 0.305. The average molecular weight is 481 g/mol. The van der Waals surface area contributed by atoms with Crippen molar-refractivity contribution in [3.63, 3.8) is 0 Å². The van der Waals surface area contributed by atoms with Gasteiger partial charge in [-0.25, -0.2) is 13.4 Å². The lowest BCUT2D eigenvalue weighted by Gasteiger charge is -2.25. The van der Waals surface area contributed by atoms with Gasteiger partial charge in [-0.05, 0) is 43.0 Å². The van der Waals surface area contributed by atoms with Crippen LogP contribution < -0.4 is 14.8 Å². The lowest BCUT2D eigenvalue weighted by Crippen LogP contribution is -2.29. The van der Waals surface area contributed by atoms with Crippen LogP contribution in [0.25, 0.3) is 0 Å². The van der Waals surface area contributed by atoms with Crippen molar-refractivity contribution in [1.82, 2.24) is 10.3 Å². The number of aromatic nitrogens is 1. The summed E-state index contributed by atoms with van der Waals surface area (Å²) in [5.74, 6) is 0.770. The third-order valence-corrected chi connectivity index (χ3v) is 7.52. The molecule has 32 heavy (non-hydrogen) atoms. The van der Waals surface area contributed by atoms with E-state index in [0.29, 0.717) is 18.3 Å². The van der Waals surface area contributed by atoms with E-state index in [1.165, 1.54) is 50.4 Å². The van der Waals surface area contributed by atoms with E-state index >= 15 is 0 Å². The predicted molar refractivity (Wildman–Crippen MR) is 127 cm³/mol. The summed E-state index contributed by atoms with van der Waals surface area (Å²) in [5, 5.41) is 3.34. The molecule has 1 aliphatic carbocycles. The van der Waals surface area contributed by atoms with Gasteiger partial charge in [0.1, 0.15) is 0 Å². The smallest absolute Gasteiger partial charge is 0.279 e. The largest absolute Gasteiger partial charge is 0.310 e. The average Bonchev–Trinajstić information content (AvgIpc) is 2.73. The SMILES string of the molecule is CC(CC1CCCCC1)NCc1ccccc1NS(=O)(=O)c1ccc(NS(C)(=O)=O)cn1.